The number of hydrogen-bond acceptors (Lipinski definition) is 3. The Labute approximate surface area is 150 Å². The van der Waals surface area contributed by atoms with E-state index in [1.165, 1.54) is 37.7 Å². The highest BCUT2D eigenvalue weighted by Gasteiger charge is 2.22. The monoisotopic (exact) mass is 343 g/mol. The highest BCUT2D eigenvalue weighted by Crippen LogP contribution is 2.32. The number of carbonyl (C=O) groups is 2. The third kappa shape index (κ3) is 5.05. The smallest absolute Gasteiger partial charge is 0.251 e. The molecule has 1 aliphatic heterocycles. The molecule has 1 aromatic carbocycles. The first-order valence-corrected chi connectivity index (χ1v) is 9.53. The Morgan fingerprint density at radius 2 is 1.64 bits per heavy atom. The minimum Gasteiger partial charge on any atom is -0.369 e. The zero-order valence-corrected chi connectivity index (χ0v) is 14.9. The van der Waals surface area contributed by atoms with Crippen LogP contribution >= 0.6 is 0 Å². The molecule has 1 saturated carbocycles. The van der Waals surface area contributed by atoms with Gasteiger partial charge in [0, 0.05) is 24.7 Å². The molecule has 25 heavy (non-hydrogen) atoms. The minimum atomic E-state index is -0.291. The van der Waals surface area contributed by atoms with Gasteiger partial charge in [0.2, 0.25) is 5.91 Å². The van der Waals surface area contributed by atoms with E-state index in [1.54, 1.807) is 0 Å². The molecule has 136 valence electrons. The molecule has 3 N–H and O–H groups in total. The van der Waals surface area contributed by atoms with Crippen molar-refractivity contribution in [2.75, 3.05) is 19.6 Å². The summed E-state index contributed by atoms with van der Waals surface area (Å²) in [6, 6.07) is 8.35. The number of likely N-dealkylation sites (tertiary alicyclic amines) is 1. The molecule has 2 aliphatic rings. The van der Waals surface area contributed by atoms with Crippen molar-refractivity contribution in [3.8, 4) is 0 Å². The first kappa shape index (κ1) is 17.9. The van der Waals surface area contributed by atoms with Crippen LogP contribution < -0.4 is 11.1 Å². The molecule has 5 heteroatoms. The van der Waals surface area contributed by atoms with Crippen molar-refractivity contribution in [1.82, 2.24) is 10.2 Å². The van der Waals surface area contributed by atoms with E-state index in [2.05, 4.69) is 17.4 Å². The van der Waals surface area contributed by atoms with Crippen molar-refractivity contribution in [2.45, 2.75) is 56.9 Å². The maximum atomic E-state index is 12.5. The molecule has 1 heterocycles. The van der Waals surface area contributed by atoms with Gasteiger partial charge in [-0.25, -0.2) is 0 Å². The molecular weight excluding hydrogens is 314 g/mol. The van der Waals surface area contributed by atoms with E-state index in [-0.39, 0.29) is 17.9 Å². The number of nitrogens with one attached hydrogen (secondary N) is 1. The van der Waals surface area contributed by atoms with Gasteiger partial charge in [0.25, 0.3) is 5.91 Å². The Morgan fingerprint density at radius 3 is 2.24 bits per heavy atom. The maximum Gasteiger partial charge on any atom is 0.251 e. The average Bonchev–Trinajstić information content (AvgIpc) is 2.64. The summed E-state index contributed by atoms with van der Waals surface area (Å²) in [6.45, 7) is 1.91. The quantitative estimate of drug-likeness (QED) is 0.862. The molecule has 2 amide bonds. The standard InChI is InChI=1S/C20H29N3O2/c21-19(24)14-23-12-10-18(11-13-23)22-20(25)17-8-6-16(7-9-17)15-4-2-1-3-5-15/h6-9,15,18H,1-5,10-14H2,(H2,21,24)(H,22,25). The highest BCUT2D eigenvalue weighted by molar-refractivity contribution is 5.94. The van der Waals surface area contributed by atoms with Gasteiger partial charge in [-0.2, -0.15) is 0 Å². The van der Waals surface area contributed by atoms with Crippen molar-refractivity contribution in [2.24, 2.45) is 5.73 Å². The summed E-state index contributed by atoms with van der Waals surface area (Å²) < 4.78 is 0. The summed E-state index contributed by atoms with van der Waals surface area (Å²) in [7, 11) is 0. The fraction of sp³-hybridized carbons (Fsp3) is 0.600. The second-order valence-corrected chi connectivity index (χ2v) is 7.45. The van der Waals surface area contributed by atoms with Crippen LogP contribution in [0.5, 0.6) is 0 Å². The first-order chi connectivity index (χ1) is 12.1. The van der Waals surface area contributed by atoms with Gasteiger partial charge in [0.15, 0.2) is 0 Å². The molecular formula is C20H29N3O2. The second-order valence-electron chi connectivity index (χ2n) is 7.45. The Hall–Kier alpha value is -1.88. The molecule has 0 aromatic heterocycles. The summed E-state index contributed by atoms with van der Waals surface area (Å²) in [5, 5.41) is 3.13. The van der Waals surface area contributed by atoms with Gasteiger partial charge in [-0.05, 0) is 49.3 Å². The number of amides is 2. The van der Waals surface area contributed by atoms with Crippen LogP contribution in [0.4, 0.5) is 0 Å². The fourth-order valence-electron chi connectivity index (χ4n) is 4.07. The predicted molar refractivity (Wildman–Crippen MR) is 98.4 cm³/mol. The first-order valence-electron chi connectivity index (χ1n) is 9.53. The maximum absolute atomic E-state index is 12.5. The Kier molecular flexibility index (Phi) is 6.08. The van der Waals surface area contributed by atoms with E-state index >= 15 is 0 Å². The molecule has 0 spiro atoms. The number of carbonyl (C=O) groups excluding carboxylic acids is 2. The van der Waals surface area contributed by atoms with E-state index in [4.69, 9.17) is 5.73 Å². The van der Waals surface area contributed by atoms with Crippen LogP contribution in [-0.4, -0.2) is 42.4 Å². The molecule has 0 unspecified atom stereocenters. The summed E-state index contributed by atoms with van der Waals surface area (Å²) in [5.74, 6) is 0.379. The zero-order chi connectivity index (χ0) is 17.6. The van der Waals surface area contributed by atoms with Gasteiger partial charge < -0.3 is 11.1 Å². The predicted octanol–water partition coefficient (Wildman–Crippen LogP) is 2.41. The van der Waals surface area contributed by atoms with Crippen LogP contribution in [0.2, 0.25) is 0 Å². The number of rotatable bonds is 5. The van der Waals surface area contributed by atoms with Crippen molar-refractivity contribution in [3.05, 3.63) is 35.4 Å². The van der Waals surface area contributed by atoms with Crippen molar-refractivity contribution in [1.29, 1.82) is 0 Å². The van der Waals surface area contributed by atoms with Gasteiger partial charge in [-0.1, -0.05) is 31.4 Å². The highest BCUT2D eigenvalue weighted by atomic mass is 16.2. The number of piperidine rings is 1. The van der Waals surface area contributed by atoms with Gasteiger partial charge >= 0.3 is 0 Å². The minimum absolute atomic E-state index is 0.00328. The van der Waals surface area contributed by atoms with E-state index in [0.29, 0.717) is 12.5 Å². The lowest BCUT2D eigenvalue weighted by Crippen LogP contribution is -2.46. The third-order valence-electron chi connectivity index (χ3n) is 5.55. The largest absolute Gasteiger partial charge is 0.369 e. The van der Waals surface area contributed by atoms with Crippen molar-refractivity contribution >= 4 is 11.8 Å². The lowest BCUT2D eigenvalue weighted by atomic mass is 9.84. The zero-order valence-electron chi connectivity index (χ0n) is 14.9. The number of nitrogens with two attached hydrogens (primary N) is 1. The van der Waals surface area contributed by atoms with Crippen LogP contribution in [0.3, 0.4) is 0 Å². The topological polar surface area (TPSA) is 75.4 Å². The SMILES string of the molecule is NC(=O)CN1CCC(NC(=O)c2ccc(C3CCCCC3)cc2)CC1. The number of benzene rings is 1. The van der Waals surface area contributed by atoms with Gasteiger partial charge in [0.1, 0.15) is 0 Å². The van der Waals surface area contributed by atoms with Crippen molar-refractivity contribution < 1.29 is 9.59 Å². The van der Waals surface area contributed by atoms with E-state index < -0.39 is 0 Å². The van der Waals surface area contributed by atoms with Gasteiger partial charge in [-0.3, -0.25) is 14.5 Å². The van der Waals surface area contributed by atoms with Crippen LogP contribution in [-0.2, 0) is 4.79 Å². The average molecular weight is 343 g/mol. The van der Waals surface area contributed by atoms with Crippen molar-refractivity contribution in [3.63, 3.8) is 0 Å². The molecule has 0 bridgehead atoms. The van der Waals surface area contributed by atoms with Gasteiger partial charge in [-0.15, -0.1) is 0 Å². The lowest BCUT2D eigenvalue weighted by molar-refractivity contribution is -0.119. The number of hydrogen-bond donors (Lipinski definition) is 2. The van der Waals surface area contributed by atoms with E-state index in [1.807, 2.05) is 17.0 Å². The molecule has 2 fully saturated rings. The summed E-state index contributed by atoms with van der Waals surface area (Å²) >= 11 is 0. The van der Waals surface area contributed by atoms with E-state index in [9.17, 15) is 9.59 Å². The summed E-state index contributed by atoms with van der Waals surface area (Å²) in [4.78, 5) is 25.5. The Morgan fingerprint density at radius 1 is 1.00 bits per heavy atom. The van der Waals surface area contributed by atoms with Crippen LogP contribution in [0.1, 0.15) is 66.8 Å². The van der Waals surface area contributed by atoms with Crippen LogP contribution in [0.15, 0.2) is 24.3 Å². The fourth-order valence-corrected chi connectivity index (χ4v) is 4.07. The lowest BCUT2D eigenvalue weighted by Gasteiger charge is -2.31. The number of primary amides is 1. The molecule has 3 rings (SSSR count). The molecule has 1 aliphatic carbocycles. The van der Waals surface area contributed by atoms with Gasteiger partial charge in [0.05, 0.1) is 6.54 Å². The Bertz CT molecular complexity index is 585. The Balaban J connectivity index is 1.49. The normalized spacial score (nSPS) is 20.3. The van der Waals surface area contributed by atoms with E-state index in [0.717, 1.165) is 31.5 Å². The van der Waals surface area contributed by atoms with Crippen LogP contribution in [0, 0.1) is 0 Å². The third-order valence-corrected chi connectivity index (χ3v) is 5.55. The van der Waals surface area contributed by atoms with Crippen LogP contribution in [0.25, 0.3) is 0 Å². The molecule has 0 atom stereocenters. The number of nitrogens with zero attached hydrogens (tertiary/aromatic N) is 1. The summed E-state index contributed by atoms with van der Waals surface area (Å²) in [5.41, 5.74) is 7.34. The molecule has 1 saturated heterocycles. The molecule has 0 radical (unpaired) electrons. The summed E-state index contributed by atoms with van der Waals surface area (Å²) in [6.07, 6.45) is 8.27. The molecule has 5 nitrogen and oxygen atoms in total. The second kappa shape index (κ2) is 8.48. The molecule has 1 aromatic rings.